The van der Waals surface area contributed by atoms with Gasteiger partial charge in [0.25, 0.3) is 11.8 Å². The second kappa shape index (κ2) is 14.0. The second-order valence-electron chi connectivity index (χ2n) is 11.8. The topological polar surface area (TPSA) is 97.0 Å². The van der Waals surface area contributed by atoms with Gasteiger partial charge in [-0.3, -0.25) is 19.3 Å². The number of carbonyl (C=O) groups excluding carboxylic acids is 3. The third kappa shape index (κ3) is 7.40. The summed E-state index contributed by atoms with van der Waals surface area (Å²) < 4.78 is 14.1. The fourth-order valence-corrected chi connectivity index (χ4v) is 5.74. The van der Waals surface area contributed by atoms with Gasteiger partial charge in [0, 0.05) is 62.3 Å². The predicted molar refractivity (Wildman–Crippen MR) is 183 cm³/mol. The largest absolute Gasteiger partial charge is 0.354 e. The van der Waals surface area contributed by atoms with Gasteiger partial charge in [-0.2, -0.15) is 0 Å². The number of hydrogen-bond acceptors (Lipinski definition) is 6. The van der Waals surface area contributed by atoms with E-state index in [2.05, 4.69) is 32.8 Å². The van der Waals surface area contributed by atoms with Gasteiger partial charge >= 0.3 is 0 Å². The summed E-state index contributed by atoms with van der Waals surface area (Å²) in [5, 5.41) is 9.16. The van der Waals surface area contributed by atoms with Gasteiger partial charge < -0.3 is 25.8 Å². The minimum atomic E-state index is -0.446. The second-order valence-corrected chi connectivity index (χ2v) is 11.8. The summed E-state index contributed by atoms with van der Waals surface area (Å²) in [4.78, 5) is 45.2. The molecule has 6 rings (SSSR count). The first-order valence-electron chi connectivity index (χ1n) is 15.6. The van der Waals surface area contributed by atoms with Crippen LogP contribution >= 0.6 is 0 Å². The van der Waals surface area contributed by atoms with Crippen molar-refractivity contribution in [2.45, 2.75) is 6.54 Å². The molecule has 0 aliphatic carbocycles. The van der Waals surface area contributed by atoms with Crippen LogP contribution in [0.3, 0.4) is 0 Å². The maximum absolute atomic E-state index is 14.1. The average Bonchev–Trinajstić information content (AvgIpc) is 3.41. The highest BCUT2D eigenvalue weighted by Gasteiger charge is 2.29. The van der Waals surface area contributed by atoms with E-state index in [0.29, 0.717) is 45.9 Å². The van der Waals surface area contributed by atoms with Crippen molar-refractivity contribution < 1.29 is 18.8 Å². The van der Waals surface area contributed by atoms with E-state index in [1.54, 1.807) is 30.1 Å². The lowest BCUT2D eigenvalue weighted by Crippen LogP contribution is -2.48. The van der Waals surface area contributed by atoms with Gasteiger partial charge in [-0.05, 0) is 78.8 Å². The van der Waals surface area contributed by atoms with Crippen molar-refractivity contribution in [3.05, 3.63) is 125 Å². The molecule has 4 aromatic rings. The molecule has 0 unspecified atom stereocenters. The molecule has 9 nitrogen and oxygen atoms in total. The molecular weight excluding hydrogens is 595 g/mol. The Morgan fingerprint density at radius 3 is 2.34 bits per heavy atom. The molecule has 2 aliphatic rings. The number of anilines is 3. The zero-order chi connectivity index (χ0) is 32.9. The fourth-order valence-electron chi connectivity index (χ4n) is 5.74. The summed E-state index contributed by atoms with van der Waals surface area (Å²) in [5.41, 5.74) is 5.42. The van der Waals surface area contributed by atoms with E-state index in [0.717, 1.165) is 37.4 Å². The minimum Gasteiger partial charge on any atom is -0.354 e. The number of halogens is 1. The van der Waals surface area contributed by atoms with Crippen LogP contribution < -0.4 is 20.9 Å². The summed E-state index contributed by atoms with van der Waals surface area (Å²) in [5.74, 6) is -0.980. The smallest absolute Gasteiger partial charge is 0.258 e. The molecule has 10 heteroatoms. The third-order valence-corrected chi connectivity index (χ3v) is 8.53. The number of benzene rings is 4. The number of piperazine rings is 1. The van der Waals surface area contributed by atoms with Crippen LogP contribution in [0.1, 0.15) is 27.0 Å². The number of carbonyl (C=O) groups is 3. The van der Waals surface area contributed by atoms with Gasteiger partial charge in [-0.1, -0.05) is 36.4 Å². The number of rotatable bonds is 9. The van der Waals surface area contributed by atoms with E-state index >= 15 is 0 Å². The summed E-state index contributed by atoms with van der Waals surface area (Å²) in [6, 6.07) is 28.2. The highest BCUT2D eigenvalue weighted by atomic mass is 19.1. The normalized spacial score (nSPS) is 15.9. The Bertz CT molecular complexity index is 1820. The van der Waals surface area contributed by atoms with Crippen molar-refractivity contribution in [1.29, 1.82) is 0 Å². The van der Waals surface area contributed by atoms with E-state index in [1.165, 1.54) is 12.1 Å². The molecule has 0 bridgehead atoms. The SMILES string of the molecule is CN1CCN(CC(=O)N(C)c2ccc(N/C(=C3\C(=O)Nc4cc(F)ccc43)c3cccc(CNC(=O)c4ccccc4)c3)cc2)CC1. The van der Waals surface area contributed by atoms with E-state index in [-0.39, 0.29) is 24.3 Å². The van der Waals surface area contributed by atoms with Crippen molar-refractivity contribution in [3.63, 3.8) is 0 Å². The lowest BCUT2D eigenvalue weighted by molar-refractivity contribution is -0.119. The van der Waals surface area contributed by atoms with Gasteiger partial charge in [0.05, 0.1) is 23.5 Å². The molecule has 0 radical (unpaired) electrons. The number of hydrogen-bond donors (Lipinski definition) is 3. The molecule has 2 aliphatic heterocycles. The van der Waals surface area contributed by atoms with Crippen molar-refractivity contribution in [3.8, 4) is 0 Å². The molecule has 4 aromatic carbocycles. The number of fused-ring (bicyclic) bond motifs is 1. The van der Waals surface area contributed by atoms with E-state index in [9.17, 15) is 18.8 Å². The number of nitrogens with zero attached hydrogens (tertiary/aromatic N) is 3. The molecule has 0 spiro atoms. The number of likely N-dealkylation sites (N-methyl/N-ethyl adjacent to an activating group) is 2. The Hall–Kier alpha value is -5.32. The quantitative estimate of drug-likeness (QED) is 0.227. The molecule has 0 atom stereocenters. The van der Waals surface area contributed by atoms with Crippen LogP contribution in [0.4, 0.5) is 21.5 Å². The number of amides is 3. The molecule has 0 saturated carbocycles. The Balaban J connectivity index is 1.25. The van der Waals surface area contributed by atoms with Gasteiger partial charge in [-0.15, -0.1) is 0 Å². The lowest BCUT2D eigenvalue weighted by Gasteiger charge is -2.32. The van der Waals surface area contributed by atoms with Gasteiger partial charge in [0.1, 0.15) is 5.82 Å². The summed E-state index contributed by atoms with van der Waals surface area (Å²) in [6.45, 7) is 4.25. The molecule has 1 saturated heterocycles. The Morgan fingerprint density at radius 2 is 1.60 bits per heavy atom. The Kier molecular flexibility index (Phi) is 9.42. The van der Waals surface area contributed by atoms with Gasteiger partial charge in [0.15, 0.2) is 0 Å². The van der Waals surface area contributed by atoms with Crippen LogP contribution in [0.25, 0.3) is 11.3 Å². The van der Waals surface area contributed by atoms with Crippen LogP contribution in [0.5, 0.6) is 0 Å². The molecule has 47 heavy (non-hydrogen) atoms. The van der Waals surface area contributed by atoms with Crippen LogP contribution in [0.2, 0.25) is 0 Å². The monoisotopic (exact) mass is 632 g/mol. The Morgan fingerprint density at radius 1 is 0.872 bits per heavy atom. The van der Waals surface area contributed by atoms with E-state index in [1.807, 2.05) is 66.7 Å². The fraction of sp³-hybridized carbons (Fsp3) is 0.216. The summed E-state index contributed by atoms with van der Waals surface area (Å²) >= 11 is 0. The Labute approximate surface area is 273 Å². The maximum atomic E-state index is 14.1. The van der Waals surface area contributed by atoms with Crippen molar-refractivity contribution in [1.82, 2.24) is 15.1 Å². The van der Waals surface area contributed by atoms with Crippen LogP contribution in [0.15, 0.2) is 97.1 Å². The average molecular weight is 633 g/mol. The van der Waals surface area contributed by atoms with Crippen LogP contribution in [-0.4, -0.2) is 74.3 Å². The maximum Gasteiger partial charge on any atom is 0.258 e. The first-order valence-corrected chi connectivity index (χ1v) is 15.6. The molecule has 1 fully saturated rings. The van der Waals surface area contributed by atoms with Gasteiger partial charge in [-0.25, -0.2) is 4.39 Å². The van der Waals surface area contributed by atoms with E-state index < -0.39 is 5.82 Å². The molecule has 3 amide bonds. The first kappa shape index (κ1) is 31.7. The molecule has 240 valence electrons. The summed E-state index contributed by atoms with van der Waals surface area (Å²) in [7, 11) is 3.86. The molecule has 2 heterocycles. The number of nitrogens with one attached hydrogen (secondary N) is 3. The van der Waals surface area contributed by atoms with Crippen molar-refractivity contribution >= 4 is 46.1 Å². The molecule has 0 aromatic heterocycles. The highest BCUT2D eigenvalue weighted by molar-refractivity contribution is 6.37. The first-order chi connectivity index (χ1) is 22.7. The zero-order valence-electron chi connectivity index (χ0n) is 26.4. The predicted octanol–water partition coefficient (Wildman–Crippen LogP) is 4.90. The summed E-state index contributed by atoms with van der Waals surface area (Å²) in [6.07, 6.45) is 0. The minimum absolute atomic E-state index is 0.0145. The van der Waals surface area contributed by atoms with E-state index in [4.69, 9.17) is 0 Å². The lowest BCUT2D eigenvalue weighted by atomic mass is 9.98. The molecular formula is C37H37FN6O3. The molecule has 3 N–H and O–H groups in total. The van der Waals surface area contributed by atoms with Crippen molar-refractivity contribution in [2.24, 2.45) is 0 Å². The van der Waals surface area contributed by atoms with Gasteiger partial charge in [0.2, 0.25) is 5.91 Å². The standard InChI is InChI=1S/C37H37FN6O3/c1-42-17-19-44(20-18-42)24-33(45)43(2)30-14-12-29(13-15-30)40-35(34-31-16-11-28(38)22-32(31)41-37(34)47)27-10-6-7-25(21-27)23-39-36(46)26-8-4-3-5-9-26/h3-16,21-22,40H,17-20,23-24H2,1-2H3,(H,39,46)(H,41,47)/b35-34-. The van der Waals surface area contributed by atoms with Crippen LogP contribution in [-0.2, 0) is 16.1 Å². The highest BCUT2D eigenvalue weighted by Crippen LogP contribution is 2.38. The third-order valence-electron chi connectivity index (χ3n) is 8.53. The van der Waals surface area contributed by atoms with Crippen molar-refractivity contribution in [2.75, 3.05) is 62.4 Å². The van der Waals surface area contributed by atoms with Crippen LogP contribution in [0, 0.1) is 5.82 Å². The zero-order valence-corrected chi connectivity index (χ0v) is 26.4.